The van der Waals surface area contributed by atoms with E-state index in [1.54, 1.807) is 0 Å². The van der Waals surface area contributed by atoms with Crippen molar-refractivity contribution in [3.05, 3.63) is 57.1 Å². The van der Waals surface area contributed by atoms with E-state index in [0.717, 1.165) is 21.7 Å². The monoisotopic (exact) mass is 279 g/mol. The summed E-state index contributed by atoms with van der Waals surface area (Å²) in [5, 5.41) is 1.41. The van der Waals surface area contributed by atoms with Gasteiger partial charge in [0.05, 0.1) is 0 Å². The van der Waals surface area contributed by atoms with Crippen LogP contribution in [-0.4, -0.2) is 0 Å². The molecule has 0 unspecified atom stereocenters. The maximum atomic E-state index is 6.30. The number of benzene rings is 2. The summed E-state index contributed by atoms with van der Waals surface area (Å²) in [6.07, 6.45) is 0. The second-order valence-corrected chi connectivity index (χ2v) is 5.25. The molecule has 94 valence electrons. The van der Waals surface area contributed by atoms with Crippen molar-refractivity contribution >= 4 is 23.2 Å². The van der Waals surface area contributed by atoms with Crippen molar-refractivity contribution < 1.29 is 0 Å². The van der Waals surface area contributed by atoms with Crippen LogP contribution in [0.2, 0.25) is 10.0 Å². The summed E-state index contributed by atoms with van der Waals surface area (Å²) in [7, 11) is 0. The average molecular weight is 280 g/mol. The Kier molecular flexibility index (Phi) is 3.96. The van der Waals surface area contributed by atoms with Crippen LogP contribution in [-0.2, 0) is 6.54 Å². The highest BCUT2D eigenvalue weighted by Crippen LogP contribution is 2.35. The number of aryl methyl sites for hydroxylation is 2. The molecule has 0 heterocycles. The van der Waals surface area contributed by atoms with Crippen molar-refractivity contribution in [1.29, 1.82) is 0 Å². The molecule has 2 rings (SSSR count). The van der Waals surface area contributed by atoms with Gasteiger partial charge in [0.25, 0.3) is 0 Å². The van der Waals surface area contributed by atoms with Crippen molar-refractivity contribution in [2.75, 3.05) is 0 Å². The predicted octanol–water partition coefficient (Wildman–Crippen LogP) is 4.74. The van der Waals surface area contributed by atoms with Gasteiger partial charge in [0.2, 0.25) is 0 Å². The van der Waals surface area contributed by atoms with Crippen LogP contribution < -0.4 is 5.73 Å². The van der Waals surface area contributed by atoms with E-state index in [9.17, 15) is 0 Å². The van der Waals surface area contributed by atoms with Gasteiger partial charge in [-0.2, -0.15) is 0 Å². The zero-order chi connectivity index (χ0) is 13.3. The van der Waals surface area contributed by atoms with Gasteiger partial charge in [0, 0.05) is 27.7 Å². The highest BCUT2D eigenvalue weighted by molar-refractivity contribution is 6.36. The highest BCUT2D eigenvalue weighted by atomic mass is 35.5. The van der Waals surface area contributed by atoms with E-state index in [1.165, 1.54) is 11.1 Å². The van der Waals surface area contributed by atoms with Crippen molar-refractivity contribution in [3.8, 4) is 11.1 Å². The minimum Gasteiger partial charge on any atom is -0.326 e. The second-order valence-electron chi connectivity index (χ2n) is 4.43. The first kappa shape index (κ1) is 13.4. The molecule has 0 aromatic heterocycles. The van der Waals surface area contributed by atoms with Crippen LogP contribution in [0.15, 0.2) is 30.3 Å². The van der Waals surface area contributed by atoms with E-state index in [1.807, 2.05) is 31.2 Å². The van der Waals surface area contributed by atoms with Crippen LogP contribution >= 0.6 is 23.2 Å². The molecule has 0 fully saturated rings. The Hall–Kier alpha value is -1.02. The molecule has 3 heteroatoms. The summed E-state index contributed by atoms with van der Waals surface area (Å²) in [5.41, 5.74) is 10.9. The third-order valence-corrected chi connectivity index (χ3v) is 3.77. The van der Waals surface area contributed by atoms with Crippen molar-refractivity contribution in [1.82, 2.24) is 0 Å². The Labute approximate surface area is 118 Å². The zero-order valence-electron chi connectivity index (χ0n) is 10.4. The van der Waals surface area contributed by atoms with Gasteiger partial charge in [-0.3, -0.25) is 0 Å². The Morgan fingerprint density at radius 1 is 0.889 bits per heavy atom. The molecule has 0 saturated heterocycles. The standard InChI is InChI=1S/C15H15Cl2N/c1-9-5-13(14(16)6-10(9)2)12-4-3-11(8-18)7-15(12)17/h3-7H,8,18H2,1-2H3. The van der Waals surface area contributed by atoms with E-state index in [4.69, 9.17) is 28.9 Å². The topological polar surface area (TPSA) is 26.0 Å². The molecular formula is C15H15Cl2N. The first-order valence-electron chi connectivity index (χ1n) is 5.78. The fourth-order valence-electron chi connectivity index (χ4n) is 1.89. The molecule has 0 spiro atoms. The molecule has 0 aliphatic rings. The maximum absolute atomic E-state index is 6.30. The summed E-state index contributed by atoms with van der Waals surface area (Å²) >= 11 is 12.6. The molecule has 18 heavy (non-hydrogen) atoms. The summed E-state index contributed by atoms with van der Waals surface area (Å²) in [5.74, 6) is 0. The Morgan fingerprint density at radius 3 is 2.11 bits per heavy atom. The molecule has 0 saturated carbocycles. The van der Waals surface area contributed by atoms with Gasteiger partial charge in [-0.15, -0.1) is 0 Å². The molecule has 0 bridgehead atoms. The fourth-order valence-corrected chi connectivity index (χ4v) is 2.52. The minimum atomic E-state index is 0.487. The van der Waals surface area contributed by atoms with E-state index in [2.05, 4.69) is 13.0 Å². The molecule has 0 amide bonds. The van der Waals surface area contributed by atoms with E-state index in [0.29, 0.717) is 11.6 Å². The number of halogens is 2. The summed E-state index contributed by atoms with van der Waals surface area (Å²) in [6.45, 7) is 4.60. The van der Waals surface area contributed by atoms with Crippen molar-refractivity contribution in [3.63, 3.8) is 0 Å². The molecule has 0 aliphatic carbocycles. The molecule has 2 N–H and O–H groups in total. The van der Waals surface area contributed by atoms with Gasteiger partial charge in [0.1, 0.15) is 0 Å². The predicted molar refractivity (Wildman–Crippen MR) is 79.3 cm³/mol. The Morgan fingerprint density at radius 2 is 1.50 bits per heavy atom. The zero-order valence-corrected chi connectivity index (χ0v) is 11.9. The highest BCUT2D eigenvalue weighted by Gasteiger charge is 2.10. The smallest absolute Gasteiger partial charge is 0.0488 e. The van der Waals surface area contributed by atoms with Gasteiger partial charge in [-0.25, -0.2) is 0 Å². The molecule has 2 aromatic rings. The molecule has 0 aliphatic heterocycles. The normalized spacial score (nSPS) is 10.7. The number of hydrogen-bond donors (Lipinski definition) is 1. The molecule has 0 radical (unpaired) electrons. The lowest BCUT2D eigenvalue weighted by Crippen LogP contribution is -1.96. The van der Waals surface area contributed by atoms with E-state index < -0.39 is 0 Å². The Balaban J connectivity index is 2.58. The van der Waals surface area contributed by atoms with Gasteiger partial charge in [-0.1, -0.05) is 35.3 Å². The molecule has 2 aromatic carbocycles. The first-order chi connectivity index (χ1) is 8.52. The van der Waals surface area contributed by atoms with E-state index >= 15 is 0 Å². The van der Waals surface area contributed by atoms with Crippen LogP contribution in [0.4, 0.5) is 0 Å². The van der Waals surface area contributed by atoms with Crippen molar-refractivity contribution in [2.24, 2.45) is 5.73 Å². The van der Waals surface area contributed by atoms with Gasteiger partial charge < -0.3 is 5.73 Å². The third kappa shape index (κ3) is 2.54. The Bertz CT molecular complexity index is 591. The SMILES string of the molecule is Cc1cc(Cl)c(-c2ccc(CN)cc2Cl)cc1C. The fraction of sp³-hybridized carbons (Fsp3) is 0.200. The van der Waals surface area contributed by atoms with E-state index in [-0.39, 0.29) is 0 Å². The third-order valence-electron chi connectivity index (χ3n) is 3.14. The van der Waals surface area contributed by atoms with Crippen LogP contribution in [0.1, 0.15) is 16.7 Å². The van der Waals surface area contributed by atoms with Crippen LogP contribution in [0.3, 0.4) is 0 Å². The molecule has 1 nitrogen and oxygen atoms in total. The first-order valence-corrected chi connectivity index (χ1v) is 6.54. The lowest BCUT2D eigenvalue weighted by atomic mass is 9.99. The lowest BCUT2D eigenvalue weighted by Gasteiger charge is -2.11. The van der Waals surface area contributed by atoms with Crippen molar-refractivity contribution in [2.45, 2.75) is 20.4 Å². The summed E-state index contributed by atoms with van der Waals surface area (Å²) in [4.78, 5) is 0. The summed E-state index contributed by atoms with van der Waals surface area (Å²) in [6, 6.07) is 9.88. The van der Waals surface area contributed by atoms with Crippen LogP contribution in [0, 0.1) is 13.8 Å². The van der Waals surface area contributed by atoms with Crippen LogP contribution in [0.5, 0.6) is 0 Å². The molecule has 0 atom stereocenters. The quantitative estimate of drug-likeness (QED) is 0.845. The average Bonchev–Trinajstić information content (AvgIpc) is 2.34. The minimum absolute atomic E-state index is 0.487. The summed E-state index contributed by atoms with van der Waals surface area (Å²) < 4.78 is 0. The number of rotatable bonds is 2. The van der Waals surface area contributed by atoms with Gasteiger partial charge in [-0.05, 0) is 48.7 Å². The van der Waals surface area contributed by atoms with Crippen LogP contribution in [0.25, 0.3) is 11.1 Å². The second kappa shape index (κ2) is 5.31. The largest absolute Gasteiger partial charge is 0.326 e. The van der Waals surface area contributed by atoms with Gasteiger partial charge >= 0.3 is 0 Å². The maximum Gasteiger partial charge on any atom is 0.0488 e. The lowest BCUT2D eigenvalue weighted by molar-refractivity contribution is 1.07. The number of nitrogens with two attached hydrogens (primary N) is 1. The molecular weight excluding hydrogens is 265 g/mol. The van der Waals surface area contributed by atoms with Gasteiger partial charge in [0.15, 0.2) is 0 Å². The number of hydrogen-bond acceptors (Lipinski definition) is 1.